The first-order chi connectivity index (χ1) is 7.60. The summed E-state index contributed by atoms with van der Waals surface area (Å²) in [6.07, 6.45) is 0.676. The minimum atomic E-state index is -0.841. The summed E-state index contributed by atoms with van der Waals surface area (Å²) < 4.78 is 0. The van der Waals surface area contributed by atoms with Gasteiger partial charge < -0.3 is 15.7 Å². The van der Waals surface area contributed by atoms with Crippen molar-refractivity contribution in [1.82, 2.24) is 10.6 Å². The summed E-state index contributed by atoms with van der Waals surface area (Å²) in [5.41, 5.74) is -1.44. The third-order valence-corrected chi connectivity index (χ3v) is 2.66. The van der Waals surface area contributed by atoms with E-state index in [2.05, 4.69) is 24.5 Å². The van der Waals surface area contributed by atoms with Crippen LogP contribution in [0.3, 0.4) is 0 Å². The summed E-state index contributed by atoms with van der Waals surface area (Å²) in [5.74, 6) is 0.326. The number of nitrogens with one attached hydrogen (secondary N) is 2. The molecule has 0 bridgehead atoms. The van der Waals surface area contributed by atoms with E-state index < -0.39 is 11.1 Å². The first-order valence-electron chi connectivity index (χ1n) is 6.36. The van der Waals surface area contributed by atoms with Gasteiger partial charge in [0.2, 0.25) is 5.91 Å². The summed E-state index contributed by atoms with van der Waals surface area (Å²) in [6, 6.07) is 0. The highest BCUT2D eigenvalue weighted by molar-refractivity contribution is 5.85. The summed E-state index contributed by atoms with van der Waals surface area (Å²) >= 11 is 0. The maximum Gasteiger partial charge on any atom is 0.239 e. The van der Waals surface area contributed by atoms with Crippen LogP contribution in [0.25, 0.3) is 0 Å². The lowest BCUT2D eigenvalue weighted by molar-refractivity contribution is -0.127. The molecule has 0 saturated carbocycles. The molecule has 102 valence electrons. The van der Waals surface area contributed by atoms with Crippen molar-refractivity contribution in [1.29, 1.82) is 0 Å². The minimum absolute atomic E-state index is 0.0802. The van der Waals surface area contributed by atoms with Crippen molar-refractivity contribution in [3.63, 3.8) is 0 Å². The Hall–Kier alpha value is -0.610. The van der Waals surface area contributed by atoms with Gasteiger partial charge in [0, 0.05) is 6.54 Å². The van der Waals surface area contributed by atoms with Gasteiger partial charge in [-0.1, -0.05) is 20.8 Å². The zero-order valence-electron chi connectivity index (χ0n) is 12.1. The van der Waals surface area contributed by atoms with E-state index in [9.17, 15) is 9.90 Å². The molecule has 1 atom stereocenters. The predicted molar refractivity (Wildman–Crippen MR) is 70.8 cm³/mol. The fourth-order valence-electron chi connectivity index (χ4n) is 1.97. The molecule has 0 rings (SSSR count). The van der Waals surface area contributed by atoms with Crippen molar-refractivity contribution in [2.75, 3.05) is 13.1 Å². The number of amides is 1. The molecule has 0 saturated heterocycles. The summed E-state index contributed by atoms with van der Waals surface area (Å²) in [4.78, 5) is 11.9. The Labute approximate surface area is 105 Å². The number of likely N-dealkylation sites (N-methyl/N-ethyl adjacent to an activating group) is 1. The Kier molecular flexibility index (Phi) is 6.13. The third-order valence-electron chi connectivity index (χ3n) is 2.66. The molecule has 0 aromatic rings. The predicted octanol–water partition coefficient (Wildman–Crippen LogP) is 1.29. The van der Waals surface area contributed by atoms with Crippen LogP contribution < -0.4 is 10.6 Å². The van der Waals surface area contributed by atoms with Crippen LogP contribution >= 0.6 is 0 Å². The normalized spacial score (nSPS) is 15.8. The SMILES string of the molecule is CCNC(C)(C)C(=O)NCC(C)(O)CC(C)C. The highest BCUT2D eigenvalue weighted by Crippen LogP contribution is 2.15. The van der Waals surface area contributed by atoms with Crippen LogP contribution in [0.2, 0.25) is 0 Å². The van der Waals surface area contributed by atoms with E-state index in [-0.39, 0.29) is 5.91 Å². The van der Waals surface area contributed by atoms with Crippen LogP contribution in [0.1, 0.15) is 48.0 Å². The van der Waals surface area contributed by atoms with Crippen LogP contribution in [0.15, 0.2) is 0 Å². The third kappa shape index (κ3) is 6.64. The maximum absolute atomic E-state index is 11.9. The Morgan fingerprint density at radius 1 is 1.29 bits per heavy atom. The van der Waals surface area contributed by atoms with E-state index in [0.29, 0.717) is 18.9 Å². The average Bonchev–Trinajstić information content (AvgIpc) is 2.12. The maximum atomic E-state index is 11.9. The molecular weight excluding hydrogens is 216 g/mol. The van der Waals surface area contributed by atoms with Gasteiger partial charge in [0.1, 0.15) is 0 Å². The van der Waals surface area contributed by atoms with Gasteiger partial charge in [0.25, 0.3) is 0 Å². The Morgan fingerprint density at radius 2 is 1.82 bits per heavy atom. The van der Waals surface area contributed by atoms with Crippen LogP contribution in [-0.2, 0) is 4.79 Å². The van der Waals surface area contributed by atoms with Gasteiger partial charge >= 0.3 is 0 Å². The quantitative estimate of drug-likeness (QED) is 0.632. The molecule has 0 aliphatic rings. The lowest BCUT2D eigenvalue weighted by Gasteiger charge is -2.29. The van der Waals surface area contributed by atoms with Gasteiger partial charge in [0.05, 0.1) is 11.1 Å². The Morgan fingerprint density at radius 3 is 2.24 bits per heavy atom. The Bertz CT molecular complexity index is 248. The first-order valence-corrected chi connectivity index (χ1v) is 6.36. The second kappa shape index (κ2) is 6.36. The van der Waals surface area contributed by atoms with Crippen molar-refractivity contribution in [2.24, 2.45) is 5.92 Å². The van der Waals surface area contributed by atoms with E-state index in [1.165, 1.54) is 0 Å². The van der Waals surface area contributed by atoms with E-state index in [1.54, 1.807) is 6.92 Å². The molecular formula is C13H28N2O2. The number of carbonyl (C=O) groups is 1. The highest BCUT2D eigenvalue weighted by atomic mass is 16.3. The molecule has 4 heteroatoms. The standard InChI is InChI=1S/C13H28N2O2/c1-7-15-12(4,5)11(16)14-9-13(6,17)8-10(2)3/h10,15,17H,7-9H2,1-6H3,(H,14,16). The molecule has 3 N–H and O–H groups in total. The molecule has 17 heavy (non-hydrogen) atoms. The van der Waals surface area contributed by atoms with Gasteiger partial charge in [0.15, 0.2) is 0 Å². The van der Waals surface area contributed by atoms with Crippen molar-refractivity contribution in [2.45, 2.75) is 59.1 Å². The molecule has 0 aliphatic heterocycles. The number of hydrogen-bond donors (Lipinski definition) is 3. The average molecular weight is 244 g/mol. The summed E-state index contributed by atoms with van der Waals surface area (Å²) in [6.45, 7) is 12.5. The van der Waals surface area contributed by atoms with Gasteiger partial charge in [-0.25, -0.2) is 0 Å². The molecule has 1 amide bonds. The van der Waals surface area contributed by atoms with Crippen LogP contribution in [0.5, 0.6) is 0 Å². The number of hydrogen-bond acceptors (Lipinski definition) is 3. The van der Waals surface area contributed by atoms with Crippen LogP contribution in [0, 0.1) is 5.92 Å². The number of rotatable bonds is 7. The molecule has 0 aromatic carbocycles. The topological polar surface area (TPSA) is 61.4 Å². The van der Waals surface area contributed by atoms with Gasteiger partial charge in [-0.05, 0) is 39.7 Å². The van der Waals surface area contributed by atoms with E-state index in [1.807, 2.05) is 20.8 Å². The van der Waals surface area contributed by atoms with Crippen molar-refractivity contribution < 1.29 is 9.90 Å². The lowest BCUT2D eigenvalue weighted by Crippen LogP contribution is -2.55. The highest BCUT2D eigenvalue weighted by Gasteiger charge is 2.29. The first kappa shape index (κ1) is 16.4. The van der Waals surface area contributed by atoms with Gasteiger partial charge in [-0.15, -0.1) is 0 Å². The molecule has 0 aliphatic carbocycles. The monoisotopic (exact) mass is 244 g/mol. The molecule has 0 spiro atoms. The summed E-state index contributed by atoms with van der Waals surface area (Å²) in [7, 11) is 0. The molecule has 0 fully saturated rings. The molecule has 1 unspecified atom stereocenters. The largest absolute Gasteiger partial charge is 0.388 e. The fraction of sp³-hybridized carbons (Fsp3) is 0.923. The second-order valence-electron chi connectivity index (χ2n) is 5.93. The summed E-state index contributed by atoms with van der Waals surface area (Å²) in [5, 5.41) is 16.0. The molecule has 4 nitrogen and oxygen atoms in total. The van der Waals surface area contributed by atoms with Crippen molar-refractivity contribution in [3.05, 3.63) is 0 Å². The number of aliphatic hydroxyl groups is 1. The van der Waals surface area contributed by atoms with E-state index >= 15 is 0 Å². The smallest absolute Gasteiger partial charge is 0.239 e. The zero-order valence-corrected chi connectivity index (χ0v) is 12.1. The molecule has 0 heterocycles. The van der Waals surface area contributed by atoms with Gasteiger partial charge in [-0.3, -0.25) is 4.79 Å². The molecule has 0 aromatic heterocycles. The van der Waals surface area contributed by atoms with Crippen LogP contribution in [0.4, 0.5) is 0 Å². The number of carbonyl (C=O) groups excluding carboxylic acids is 1. The zero-order chi connectivity index (χ0) is 13.7. The van der Waals surface area contributed by atoms with E-state index in [4.69, 9.17) is 0 Å². The Balaban J connectivity index is 4.23. The second-order valence-corrected chi connectivity index (χ2v) is 5.93. The molecule has 0 radical (unpaired) electrons. The van der Waals surface area contributed by atoms with Crippen LogP contribution in [-0.4, -0.2) is 35.2 Å². The minimum Gasteiger partial charge on any atom is -0.388 e. The van der Waals surface area contributed by atoms with E-state index in [0.717, 1.165) is 6.54 Å². The lowest BCUT2D eigenvalue weighted by atomic mass is 9.94. The van der Waals surface area contributed by atoms with Crippen molar-refractivity contribution >= 4 is 5.91 Å². The van der Waals surface area contributed by atoms with Gasteiger partial charge in [-0.2, -0.15) is 0 Å². The fourth-order valence-corrected chi connectivity index (χ4v) is 1.97. The van der Waals surface area contributed by atoms with Crippen molar-refractivity contribution in [3.8, 4) is 0 Å².